The zero-order chi connectivity index (χ0) is 22.0. The highest BCUT2D eigenvalue weighted by Gasteiger charge is 2.47. The summed E-state index contributed by atoms with van der Waals surface area (Å²) in [6.45, 7) is 7.28. The normalized spacial score (nSPS) is 23.3. The van der Waals surface area contributed by atoms with E-state index < -0.39 is 0 Å². The lowest BCUT2D eigenvalue weighted by Crippen LogP contribution is -2.49. The Morgan fingerprint density at radius 2 is 1.56 bits per heavy atom. The van der Waals surface area contributed by atoms with Gasteiger partial charge in [-0.05, 0) is 38.8 Å². The van der Waals surface area contributed by atoms with Crippen molar-refractivity contribution in [3.63, 3.8) is 0 Å². The van der Waals surface area contributed by atoms with Gasteiger partial charge in [-0.15, -0.1) is 12.4 Å². The number of ketones is 1. The number of hydrogen-bond acceptors (Lipinski definition) is 6. The van der Waals surface area contributed by atoms with Crippen molar-refractivity contribution >= 4 is 35.7 Å². The van der Waals surface area contributed by atoms with E-state index >= 15 is 0 Å². The number of Topliss-reactive ketones (excluding diaryl/α,β-unsaturated/α-hetero) is 1. The van der Waals surface area contributed by atoms with E-state index in [1.807, 2.05) is 44.2 Å². The first-order valence-corrected chi connectivity index (χ1v) is 11.2. The lowest BCUT2D eigenvalue weighted by molar-refractivity contribution is -0.143. The highest BCUT2D eigenvalue weighted by molar-refractivity contribution is 6.07. The highest BCUT2D eigenvalue weighted by Crippen LogP contribution is 2.35. The molecule has 8 heteroatoms. The first-order valence-electron chi connectivity index (χ1n) is 11.2. The Morgan fingerprint density at radius 1 is 0.969 bits per heavy atom. The standard InChI is InChI=1S/C24H31N3O4.ClH/c1-17(2)31-22-10-6-5-9-21(22)26-13-11-25(12-14-26)15-18(28)16-27-23(29)19-7-3-4-8-20(19)24(27)30;/h3-6,9-10,17,19-20H,7-8,11-16H2,1-2H3;1H. The van der Waals surface area contributed by atoms with Crippen molar-refractivity contribution in [1.29, 1.82) is 0 Å². The molecule has 3 aliphatic rings. The van der Waals surface area contributed by atoms with Crippen LogP contribution in [0.2, 0.25) is 0 Å². The van der Waals surface area contributed by atoms with E-state index in [0.29, 0.717) is 12.8 Å². The van der Waals surface area contributed by atoms with E-state index in [4.69, 9.17) is 4.74 Å². The van der Waals surface area contributed by atoms with Crippen LogP contribution >= 0.6 is 12.4 Å². The number of anilines is 1. The molecular formula is C24H32ClN3O4. The Balaban J connectivity index is 0.00000289. The van der Waals surface area contributed by atoms with E-state index in [1.165, 1.54) is 4.90 Å². The van der Waals surface area contributed by atoms with Crippen molar-refractivity contribution < 1.29 is 19.1 Å². The molecule has 2 aliphatic heterocycles. The molecule has 0 saturated carbocycles. The predicted octanol–water partition coefficient (Wildman–Crippen LogP) is 2.54. The minimum Gasteiger partial charge on any atom is -0.489 e. The maximum Gasteiger partial charge on any atom is 0.233 e. The number of imide groups is 1. The number of benzene rings is 1. The van der Waals surface area contributed by atoms with E-state index in [2.05, 4.69) is 15.9 Å². The molecule has 4 rings (SSSR count). The van der Waals surface area contributed by atoms with Crippen LogP contribution in [0.4, 0.5) is 5.69 Å². The number of rotatable bonds is 7. The molecule has 2 heterocycles. The SMILES string of the molecule is CC(C)Oc1ccccc1N1CCN(CC(=O)CN2C(=O)C3CC=CCC3C2=O)CC1.Cl. The number of para-hydroxylation sites is 2. The minimum absolute atomic E-state index is 0. The fraction of sp³-hybridized carbons (Fsp3) is 0.542. The van der Waals surface area contributed by atoms with Gasteiger partial charge in [-0.2, -0.15) is 0 Å². The Bertz CT molecular complexity index is 854. The van der Waals surface area contributed by atoms with Crippen molar-refractivity contribution in [3.05, 3.63) is 36.4 Å². The second-order valence-electron chi connectivity index (χ2n) is 8.85. The average Bonchev–Trinajstić information content (AvgIpc) is 2.99. The molecule has 2 amide bonds. The molecule has 0 radical (unpaired) electrons. The molecule has 1 aromatic carbocycles. The van der Waals surface area contributed by atoms with Crippen molar-refractivity contribution in [2.45, 2.75) is 32.8 Å². The van der Waals surface area contributed by atoms with Crippen molar-refractivity contribution in [1.82, 2.24) is 9.80 Å². The maximum atomic E-state index is 12.7. The molecule has 0 spiro atoms. The van der Waals surface area contributed by atoms with Crippen molar-refractivity contribution in [2.24, 2.45) is 11.8 Å². The molecule has 7 nitrogen and oxygen atoms in total. The molecule has 0 N–H and O–H groups in total. The fourth-order valence-electron chi connectivity index (χ4n) is 4.72. The largest absolute Gasteiger partial charge is 0.489 e. The molecular weight excluding hydrogens is 430 g/mol. The van der Waals surface area contributed by atoms with Gasteiger partial charge in [0.2, 0.25) is 11.8 Å². The molecule has 2 unspecified atom stereocenters. The van der Waals surface area contributed by atoms with Gasteiger partial charge in [0.25, 0.3) is 0 Å². The number of fused-ring (bicyclic) bond motifs is 1. The van der Waals surface area contributed by atoms with Gasteiger partial charge < -0.3 is 9.64 Å². The number of piperazine rings is 1. The summed E-state index contributed by atoms with van der Waals surface area (Å²) in [7, 11) is 0. The molecule has 32 heavy (non-hydrogen) atoms. The lowest BCUT2D eigenvalue weighted by Gasteiger charge is -2.36. The summed E-state index contributed by atoms with van der Waals surface area (Å²) < 4.78 is 5.94. The zero-order valence-corrected chi connectivity index (χ0v) is 19.6. The number of carbonyl (C=O) groups is 3. The van der Waals surface area contributed by atoms with Gasteiger partial charge in [-0.1, -0.05) is 24.3 Å². The van der Waals surface area contributed by atoms with Crippen molar-refractivity contribution in [2.75, 3.05) is 44.2 Å². The number of halogens is 1. The fourth-order valence-corrected chi connectivity index (χ4v) is 4.72. The summed E-state index contributed by atoms with van der Waals surface area (Å²) in [6, 6.07) is 8.04. The van der Waals surface area contributed by atoms with Gasteiger partial charge in [-0.25, -0.2) is 0 Å². The monoisotopic (exact) mass is 461 g/mol. The molecule has 174 valence electrons. The van der Waals surface area contributed by atoms with Gasteiger partial charge in [0, 0.05) is 26.2 Å². The molecule has 1 aromatic rings. The quantitative estimate of drug-likeness (QED) is 0.459. The van der Waals surface area contributed by atoms with Gasteiger partial charge >= 0.3 is 0 Å². The zero-order valence-electron chi connectivity index (χ0n) is 18.7. The number of allylic oxidation sites excluding steroid dienone is 2. The molecule has 0 aromatic heterocycles. The maximum absolute atomic E-state index is 12.7. The van der Waals surface area contributed by atoms with Gasteiger partial charge in [0.05, 0.1) is 36.7 Å². The van der Waals surface area contributed by atoms with Crippen LogP contribution in [-0.2, 0) is 14.4 Å². The van der Waals surface area contributed by atoms with E-state index in [1.54, 1.807) is 0 Å². The lowest BCUT2D eigenvalue weighted by atomic mass is 9.85. The summed E-state index contributed by atoms with van der Waals surface area (Å²) in [5, 5.41) is 0. The Hall–Kier alpha value is -2.38. The van der Waals surface area contributed by atoms with E-state index in [0.717, 1.165) is 37.6 Å². The van der Waals surface area contributed by atoms with Gasteiger partial charge in [-0.3, -0.25) is 24.2 Å². The second-order valence-corrected chi connectivity index (χ2v) is 8.85. The van der Waals surface area contributed by atoms with Crippen LogP contribution < -0.4 is 9.64 Å². The van der Waals surface area contributed by atoms with Gasteiger partial charge in [0.15, 0.2) is 5.78 Å². The molecule has 2 saturated heterocycles. The van der Waals surface area contributed by atoms with Crippen molar-refractivity contribution in [3.8, 4) is 5.75 Å². The summed E-state index contributed by atoms with van der Waals surface area (Å²) in [6.07, 6.45) is 5.23. The molecule has 0 bridgehead atoms. The summed E-state index contributed by atoms with van der Waals surface area (Å²) in [4.78, 5) is 43.4. The average molecular weight is 462 g/mol. The number of likely N-dealkylation sites (tertiary alicyclic amines) is 1. The van der Waals surface area contributed by atoms with Gasteiger partial charge in [0.1, 0.15) is 5.75 Å². The number of nitrogens with zero attached hydrogens (tertiary/aromatic N) is 3. The van der Waals surface area contributed by atoms with Crippen LogP contribution in [-0.4, -0.2) is 72.8 Å². The van der Waals surface area contributed by atoms with Crippen LogP contribution in [0.5, 0.6) is 5.75 Å². The second kappa shape index (κ2) is 10.5. The topological polar surface area (TPSA) is 70.2 Å². The Morgan fingerprint density at radius 3 is 2.16 bits per heavy atom. The number of carbonyl (C=O) groups excluding carboxylic acids is 3. The van der Waals surface area contributed by atoms with Crippen LogP contribution in [0, 0.1) is 11.8 Å². The highest BCUT2D eigenvalue weighted by atomic mass is 35.5. The first-order chi connectivity index (χ1) is 14.9. The summed E-state index contributed by atoms with van der Waals surface area (Å²) in [5.74, 6) is -0.114. The van der Waals surface area contributed by atoms with Crippen LogP contribution in [0.15, 0.2) is 36.4 Å². The third-order valence-electron chi connectivity index (χ3n) is 6.27. The smallest absolute Gasteiger partial charge is 0.233 e. The number of ether oxygens (including phenoxy) is 1. The predicted molar refractivity (Wildman–Crippen MR) is 125 cm³/mol. The summed E-state index contributed by atoms with van der Waals surface area (Å²) in [5.41, 5.74) is 1.08. The Labute approximate surface area is 195 Å². The third-order valence-corrected chi connectivity index (χ3v) is 6.27. The number of hydrogen-bond donors (Lipinski definition) is 0. The minimum atomic E-state index is -0.276. The molecule has 2 fully saturated rings. The molecule has 2 atom stereocenters. The van der Waals surface area contributed by atoms with Crippen LogP contribution in [0.25, 0.3) is 0 Å². The number of amides is 2. The Kier molecular flexibility index (Phi) is 7.96. The van der Waals surface area contributed by atoms with Crippen LogP contribution in [0.3, 0.4) is 0 Å². The van der Waals surface area contributed by atoms with E-state index in [9.17, 15) is 14.4 Å². The summed E-state index contributed by atoms with van der Waals surface area (Å²) >= 11 is 0. The van der Waals surface area contributed by atoms with Crippen LogP contribution in [0.1, 0.15) is 26.7 Å². The third kappa shape index (κ3) is 5.15. The van der Waals surface area contributed by atoms with E-state index in [-0.39, 0.29) is 61.0 Å². The molecule has 1 aliphatic carbocycles. The first kappa shape index (κ1) is 24.3.